The summed E-state index contributed by atoms with van der Waals surface area (Å²) >= 11 is 0. The zero-order chi connectivity index (χ0) is 16.7. The first-order valence-corrected chi connectivity index (χ1v) is 9.25. The van der Waals surface area contributed by atoms with E-state index in [-0.39, 0.29) is 35.2 Å². The molecule has 1 fully saturated rings. The lowest BCUT2D eigenvalue weighted by atomic mass is 9.69. The average Bonchev–Trinajstić information content (AvgIpc) is 3.21. The number of Topliss-reactive ketones (excluding diaryl/α,β-unsaturated/α-hetero) is 2. The number of benzene rings is 1. The van der Waals surface area contributed by atoms with Gasteiger partial charge in [-0.3, -0.25) is 9.59 Å². The molecule has 0 heterocycles. The summed E-state index contributed by atoms with van der Waals surface area (Å²) in [4.78, 5) is 26.1. The number of ketones is 2. The first-order chi connectivity index (χ1) is 11.7. The summed E-state index contributed by atoms with van der Waals surface area (Å²) in [6.07, 6.45) is 9.73. The highest BCUT2D eigenvalue weighted by molar-refractivity contribution is 6.18. The highest BCUT2D eigenvalue weighted by Crippen LogP contribution is 2.53. The second-order valence-electron chi connectivity index (χ2n) is 7.32. The van der Waals surface area contributed by atoms with Gasteiger partial charge in [-0.1, -0.05) is 50.5 Å². The number of hydrogen-bond donors (Lipinski definition) is 0. The normalized spacial score (nSPS) is 29.7. The third-order valence-corrected chi connectivity index (χ3v) is 5.86. The summed E-state index contributed by atoms with van der Waals surface area (Å²) < 4.78 is 5.91. The number of allylic oxidation sites excluding steroid dienone is 2. The Bertz CT molecular complexity index is 703. The second kappa shape index (κ2) is 6.19. The minimum Gasteiger partial charge on any atom is -0.493 e. The van der Waals surface area contributed by atoms with E-state index < -0.39 is 0 Å². The number of fused-ring (bicyclic) bond motifs is 6. The topological polar surface area (TPSA) is 43.4 Å². The van der Waals surface area contributed by atoms with Gasteiger partial charge in [0.25, 0.3) is 0 Å². The van der Waals surface area contributed by atoms with E-state index in [2.05, 4.69) is 19.1 Å². The maximum atomic E-state index is 13.1. The molecule has 0 saturated heterocycles. The second-order valence-corrected chi connectivity index (χ2v) is 7.32. The van der Waals surface area contributed by atoms with Crippen molar-refractivity contribution in [2.45, 2.75) is 39.0 Å². The van der Waals surface area contributed by atoms with Crippen LogP contribution >= 0.6 is 0 Å². The lowest BCUT2D eigenvalue weighted by Gasteiger charge is -2.32. The summed E-state index contributed by atoms with van der Waals surface area (Å²) in [6.45, 7) is 2.79. The van der Waals surface area contributed by atoms with Gasteiger partial charge in [0.15, 0.2) is 11.6 Å². The van der Waals surface area contributed by atoms with E-state index in [1.54, 1.807) is 6.07 Å². The van der Waals surface area contributed by atoms with Crippen LogP contribution in [0.15, 0.2) is 30.4 Å². The molecule has 3 heteroatoms. The Balaban J connectivity index is 1.60. The standard InChI is InChI=1S/C21H24O3/c1-2-3-4-5-11-24-16-8-6-7-15-19(16)21(23)18-14-10-9-13(12-14)17(18)20(15)22/h6-10,13-14,17-18H,2-5,11-12H2,1H3. The molecule has 1 aromatic carbocycles. The molecule has 4 atom stereocenters. The van der Waals surface area contributed by atoms with Gasteiger partial charge >= 0.3 is 0 Å². The van der Waals surface area contributed by atoms with Crippen LogP contribution in [0.4, 0.5) is 0 Å². The summed E-state index contributed by atoms with van der Waals surface area (Å²) in [5, 5.41) is 0. The molecular weight excluding hydrogens is 300 g/mol. The maximum Gasteiger partial charge on any atom is 0.171 e. The number of hydrogen-bond acceptors (Lipinski definition) is 3. The molecule has 0 radical (unpaired) electrons. The fraction of sp³-hybridized carbons (Fsp3) is 0.524. The smallest absolute Gasteiger partial charge is 0.171 e. The average molecular weight is 324 g/mol. The van der Waals surface area contributed by atoms with Crippen molar-refractivity contribution < 1.29 is 14.3 Å². The predicted octanol–water partition coefficient (Wildman–Crippen LogP) is 4.46. The zero-order valence-corrected chi connectivity index (χ0v) is 14.2. The van der Waals surface area contributed by atoms with Crippen LogP contribution in [0.2, 0.25) is 0 Å². The molecule has 3 aliphatic rings. The summed E-state index contributed by atoms with van der Waals surface area (Å²) in [7, 11) is 0. The van der Waals surface area contributed by atoms with Crippen LogP contribution in [0.5, 0.6) is 5.75 Å². The highest BCUT2D eigenvalue weighted by atomic mass is 16.5. The highest BCUT2D eigenvalue weighted by Gasteiger charge is 2.55. The van der Waals surface area contributed by atoms with E-state index in [4.69, 9.17) is 4.74 Å². The molecule has 4 rings (SSSR count). The van der Waals surface area contributed by atoms with E-state index >= 15 is 0 Å². The Morgan fingerprint density at radius 2 is 1.75 bits per heavy atom. The monoisotopic (exact) mass is 324 g/mol. The molecule has 4 unspecified atom stereocenters. The predicted molar refractivity (Wildman–Crippen MR) is 92.5 cm³/mol. The van der Waals surface area contributed by atoms with Gasteiger partial charge in [-0.15, -0.1) is 0 Å². The van der Waals surface area contributed by atoms with Gasteiger partial charge in [-0.25, -0.2) is 0 Å². The molecule has 1 saturated carbocycles. The van der Waals surface area contributed by atoms with Crippen molar-refractivity contribution in [3.8, 4) is 5.75 Å². The van der Waals surface area contributed by atoms with Gasteiger partial charge in [-0.05, 0) is 30.7 Å². The van der Waals surface area contributed by atoms with Gasteiger partial charge in [0.2, 0.25) is 0 Å². The van der Waals surface area contributed by atoms with Gasteiger partial charge in [-0.2, -0.15) is 0 Å². The van der Waals surface area contributed by atoms with E-state index in [0.717, 1.165) is 19.3 Å². The number of carbonyl (C=O) groups is 2. The first-order valence-electron chi connectivity index (χ1n) is 9.25. The Kier molecular flexibility index (Phi) is 4.03. The third-order valence-electron chi connectivity index (χ3n) is 5.86. The molecular formula is C21H24O3. The van der Waals surface area contributed by atoms with Crippen LogP contribution in [0, 0.1) is 23.7 Å². The van der Waals surface area contributed by atoms with Crippen molar-refractivity contribution in [1.29, 1.82) is 0 Å². The van der Waals surface area contributed by atoms with E-state index in [9.17, 15) is 9.59 Å². The van der Waals surface area contributed by atoms with Gasteiger partial charge < -0.3 is 4.74 Å². The van der Waals surface area contributed by atoms with Crippen molar-refractivity contribution in [2.75, 3.05) is 6.61 Å². The quantitative estimate of drug-likeness (QED) is 0.573. The van der Waals surface area contributed by atoms with Crippen molar-refractivity contribution in [3.63, 3.8) is 0 Å². The lowest BCUT2D eigenvalue weighted by Crippen LogP contribution is -2.39. The molecule has 3 nitrogen and oxygen atoms in total. The molecule has 0 amide bonds. The fourth-order valence-corrected chi connectivity index (χ4v) is 4.71. The molecule has 0 N–H and O–H groups in total. The van der Waals surface area contributed by atoms with Gasteiger partial charge in [0.1, 0.15) is 5.75 Å². The molecule has 0 aromatic heterocycles. The Morgan fingerprint density at radius 3 is 2.50 bits per heavy atom. The first kappa shape index (κ1) is 15.6. The van der Waals surface area contributed by atoms with Gasteiger partial charge in [0, 0.05) is 17.4 Å². The zero-order valence-electron chi connectivity index (χ0n) is 14.2. The summed E-state index contributed by atoms with van der Waals surface area (Å²) in [5.41, 5.74) is 1.12. The minimum absolute atomic E-state index is 0.121. The summed E-state index contributed by atoms with van der Waals surface area (Å²) in [6, 6.07) is 5.48. The number of carbonyl (C=O) groups excluding carboxylic acids is 2. The third kappa shape index (κ3) is 2.33. The van der Waals surface area contributed by atoms with Crippen molar-refractivity contribution >= 4 is 11.6 Å². The molecule has 2 bridgehead atoms. The Morgan fingerprint density at radius 1 is 1.00 bits per heavy atom. The van der Waals surface area contributed by atoms with Crippen LogP contribution in [-0.4, -0.2) is 18.2 Å². The van der Waals surface area contributed by atoms with E-state index in [0.29, 0.717) is 23.5 Å². The minimum atomic E-state index is -0.162. The lowest BCUT2D eigenvalue weighted by molar-refractivity contribution is 0.0716. The number of rotatable bonds is 6. The Hall–Kier alpha value is -1.90. The van der Waals surface area contributed by atoms with Crippen molar-refractivity contribution in [1.82, 2.24) is 0 Å². The SMILES string of the molecule is CCCCCCOc1cccc2c1C(=O)C1C3C=CC(C3)C1C2=O. The largest absolute Gasteiger partial charge is 0.493 e. The summed E-state index contributed by atoms with van der Waals surface area (Å²) in [5.74, 6) is 1.06. The molecule has 126 valence electrons. The van der Waals surface area contributed by atoms with Crippen LogP contribution in [0.1, 0.15) is 59.7 Å². The molecule has 1 aromatic rings. The molecule has 24 heavy (non-hydrogen) atoms. The fourth-order valence-electron chi connectivity index (χ4n) is 4.71. The number of unbranched alkanes of at least 4 members (excludes halogenated alkanes) is 3. The molecule has 0 spiro atoms. The van der Waals surface area contributed by atoms with Crippen LogP contribution < -0.4 is 4.74 Å². The molecule has 0 aliphatic heterocycles. The number of ether oxygens (including phenoxy) is 1. The van der Waals surface area contributed by atoms with Crippen LogP contribution in [0.25, 0.3) is 0 Å². The molecule has 3 aliphatic carbocycles. The van der Waals surface area contributed by atoms with Crippen molar-refractivity contribution in [2.24, 2.45) is 23.7 Å². The van der Waals surface area contributed by atoms with Crippen molar-refractivity contribution in [3.05, 3.63) is 41.5 Å². The van der Waals surface area contributed by atoms with E-state index in [1.807, 2.05) is 12.1 Å². The maximum absolute atomic E-state index is 13.1. The van der Waals surface area contributed by atoms with Gasteiger partial charge in [0.05, 0.1) is 12.2 Å². The van der Waals surface area contributed by atoms with Crippen LogP contribution in [0.3, 0.4) is 0 Å². The van der Waals surface area contributed by atoms with E-state index in [1.165, 1.54) is 12.8 Å². The van der Waals surface area contributed by atoms with Crippen LogP contribution in [-0.2, 0) is 0 Å². The Labute approximate surface area is 143 Å².